The molecule has 0 saturated carbocycles. The molecule has 2 aliphatic rings. The second-order valence-electron chi connectivity index (χ2n) is 3.86. The van der Waals surface area contributed by atoms with E-state index in [2.05, 4.69) is 36.5 Å². The van der Waals surface area contributed by atoms with Crippen molar-refractivity contribution in [3.05, 3.63) is 24.3 Å². The van der Waals surface area contributed by atoms with Crippen molar-refractivity contribution in [1.82, 2.24) is 5.32 Å². The quantitative estimate of drug-likeness (QED) is 0.658. The second kappa shape index (κ2) is 4.07. The Bertz CT molecular complexity index is 222. The molecule has 3 atom stereocenters. The van der Waals surface area contributed by atoms with Gasteiger partial charge in [0.05, 0.1) is 12.2 Å². The lowest BCUT2D eigenvalue weighted by atomic mass is 9.94. The zero-order chi connectivity index (χ0) is 9.10. The molecule has 1 unspecified atom stereocenters. The van der Waals surface area contributed by atoms with Gasteiger partial charge in [-0.25, -0.2) is 0 Å². The van der Waals surface area contributed by atoms with E-state index in [0.717, 1.165) is 19.5 Å². The first kappa shape index (κ1) is 8.97. The lowest BCUT2D eigenvalue weighted by molar-refractivity contribution is -0.0468. The highest BCUT2D eigenvalue weighted by molar-refractivity contribution is 5.12. The van der Waals surface area contributed by atoms with Crippen molar-refractivity contribution >= 4 is 0 Å². The minimum absolute atomic E-state index is 0.359. The van der Waals surface area contributed by atoms with E-state index in [0.29, 0.717) is 18.1 Å². The van der Waals surface area contributed by atoms with Crippen molar-refractivity contribution in [1.29, 1.82) is 0 Å². The number of rotatable bonds is 1. The highest BCUT2D eigenvalue weighted by Gasteiger charge is 2.25. The number of allylic oxidation sites excluding steroid dienone is 3. The maximum Gasteiger partial charge on any atom is 0.0769 e. The van der Waals surface area contributed by atoms with Crippen LogP contribution in [0.5, 0.6) is 0 Å². The first-order chi connectivity index (χ1) is 6.36. The number of ether oxygens (including phenoxy) is 1. The molecule has 0 radical (unpaired) electrons. The van der Waals surface area contributed by atoms with Crippen LogP contribution in [-0.4, -0.2) is 25.3 Å². The molecular formula is C11H17NO. The van der Waals surface area contributed by atoms with E-state index < -0.39 is 0 Å². The maximum atomic E-state index is 5.88. The standard InChI is InChI=1S/C11H17NO/c1-9-7-12-8-11(13-9)10-5-3-2-4-6-10/h2-5,9-12H,6-8H2,1H3/t9-,10?,11+/m0/s1. The van der Waals surface area contributed by atoms with Crippen molar-refractivity contribution in [3.63, 3.8) is 0 Å². The van der Waals surface area contributed by atoms with Gasteiger partial charge in [0, 0.05) is 19.0 Å². The summed E-state index contributed by atoms with van der Waals surface area (Å²) in [6, 6.07) is 0. The van der Waals surface area contributed by atoms with Crippen LogP contribution in [-0.2, 0) is 4.74 Å². The number of hydrogen-bond acceptors (Lipinski definition) is 2. The third-order valence-electron chi connectivity index (χ3n) is 2.68. The Morgan fingerprint density at radius 1 is 1.31 bits per heavy atom. The zero-order valence-corrected chi connectivity index (χ0v) is 8.07. The molecule has 0 aromatic rings. The van der Waals surface area contributed by atoms with Gasteiger partial charge in [-0.2, -0.15) is 0 Å². The van der Waals surface area contributed by atoms with E-state index in [4.69, 9.17) is 4.74 Å². The van der Waals surface area contributed by atoms with Gasteiger partial charge in [-0.1, -0.05) is 24.3 Å². The van der Waals surface area contributed by atoms with Crippen LogP contribution in [0, 0.1) is 5.92 Å². The zero-order valence-electron chi connectivity index (χ0n) is 8.07. The Morgan fingerprint density at radius 2 is 2.23 bits per heavy atom. The molecule has 0 spiro atoms. The smallest absolute Gasteiger partial charge is 0.0769 e. The molecule has 1 fully saturated rings. The topological polar surface area (TPSA) is 21.3 Å². The second-order valence-corrected chi connectivity index (χ2v) is 3.86. The van der Waals surface area contributed by atoms with Crippen molar-refractivity contribution in [2.45, 2.75) is 25.6 Å². The van der Waals surface area contributed by atoms with E-state index in [1.54, 1.807) is 0 Å². The molecule has 1 saturated heterocycles. The maximum absolute atomic E-state index is 5.88. The lowest BCUT2D eigenvalue weighted by Gasteiger charge is -2.33. The van der Waals surface area contributed by atoms with Gasteiger partial charge >= 0.3 is 0 Å². The van der Waals surface area contributed by atoms with Crippen LogP contribution in [0.2, 0.25) is 0 Å². The monoisotopic (exact) mass is 179 g/mol. The minimum Gasteiger partial charge on any atom is -0.372 e. The largest absolute Gasteiger partial charge is 0.372 e. The fourth-order valence-corrected chi connectivity index (χ4v) is 1.95. The summed E-state index contributed by atoms with van der Waals surface area (Å²) >= 11 is 0. The summed E-state index contributed by atoms with van der Waals surface area (Å²) < 4.78 is 5.88. The molecule has 0 amide bonds. The lowest BCUT2D eigenvalue weighted by Crippen LogP contribution is -2.46. The van der Waals surface area contributed by atoms with Crippen molar-refractivity contribution in [2.75, 3.05) is 13.1 Å². The summed E-state index contributed by atoms with van der Waals surface area (Å²) in [5.41, 5.74) is 0. The van der Waals surface area contributed by atoms with Gasteiger partial charge in [0.15, 0.2) is 0 Å². The fraction of sp³-hybridized carbons (Fsp3) is 0.636. The third-order valence-corrected chi connectivity index (χ3v) is 2.68. The first-order valence-corrected chi connectivity index (χ1v) is 5.06. The van der Waals surface area contributed by atoms with Crippen molar-refractivity contribution in [2.24, 2.45) is 5.92 Å². The molecule has 1 aliphatic carbocycles. The summed E-state index contributed by atoms with van der Waals surface area (Å²) in [7, 11) is 0. The fourth-order valence-electron chi connectivity index (χ4n) is 1.95. The predicted octanol–water partition coefficient (Wildman–Crippen LogP) is 1.50. The molecule has 0 bridgehead atoms. The van der Waals surface area contributed by atoms with E-state index in [1.807, 2.05) is 0 Å². The Balaban J connectivity index is 1.92. The van der Waals surface area contributed by atoms with Crippen LogP contribution in [0.4, 0.5) is 0 Å². The summed E-state index contributed by atoms with van der Waals surface area (Å²) in [6.07, 6.45) is 10.5. The minimum atomic E-state index is 0.359. The average molecular weight is 179 g/mol. The molecule has 1 heterocycles. The van der Waals surface area contributed by atoms with Crippen molar-refractivity contribution in [3.8, 4) is 0 Å². The molecule has 2 heteroatoms. The van der Waals surface area contributed by atoms with E-state index in [-0.39, 0.29) is 0 Å². The number of morpholine rings is 1. The molecule has 13 heavy (non-hydrogen) atoms. The van der Waals surface area contributed by atoms with Crippen LogP contribution in [0.1, 0.15) is 13.3 Å². The molecule has 2 rings (SSSR count). The molecule has 0 aromatic carbocycles. The highest BCUT2D eigenvalue weighted by Crippen LogP contribution is 2.20. The van der Waals surface area contributed by atoms with E-state index >= 15 is 0 Å². The average Bonchev–Trinajstić information content (AvgIpc) is 2.19. The van der Waals surface area contributed by atoms with Gasteiger partial charge < -0.3 is 10.1 Å². The van der Waals surface area contributed by atoms with Crippen molar-refractivity contribution < 1.29 is 4.74 Å². The van der Waals surface area contributed by atoms with E-state index in [9.17, 15) is 0 Å². The van der Waals surface area contributed by atoms with Crippen LogP contribution in [0.25, 0.3) is 0 Å². The summed E-state index contributed by atoms with van der Waals surface area (Å²) in [5, 5.41) is 3.40. The Labute approximate surface area is 79.7 Å². The van der Waals surface area contributed by atoms with E-state index in [1.165, 1.54) is 0 Å². The van der Waals surface area contributed by atoms with Gasteiger partial charge in [0.1, 0.15) is 0 Å². The van der Waals surface area contributed by atoms with Gasteiger partial charge in [-0.15, -0.1) is 0 Å². The molecule has 1 aliphatic heterocycles. The SMILES string of the molecule is C[C@H]1CNC[C@H](C2C=CC=CC2)O1. The van der Waals surface area contributed by atoms with Gasteiger partial charge in [-0.05, 0) is 13.3 Å². The number of hydrogen-bond donors (Lipinski definition) is 1. The molecular weight excluding hydrogens is 162 g/mol. The Morgan fingerprint density at radius 3 is 2.92 bits per heavy atom. The molecule has 0 aromatic heterocycles. The molecule has 1 N–H and O–H groups in total. The highest BCUT2D eigenvalue weighted by atomic mass is 16.5. The summed E-state index contributed by atoms with van der Waals surface area (Å²) in [4.78, 5) is 0. The molecule has 72 valence electrons. The van der Waals surface area contributed by atoms with Crippen LogP contribution in [0.15, 0.2) is 24.3 Å². The normalized spacial score (nSPS) is 39.3. The van der Waals surface area contributed by atoms with Crippen LogP contribution < -0.4 is 5.32 Å². The number of nitrogens with one attached hydrogen (secondary N) is 1. The summed E-state index contributed by atoms with van der Waals surface area (Å²) in [5.74, 6) is 0.570. The van der Waals surface area contributed by atoms with Crippen LogP contribution >= 0.6 is 0 Å². The summed E-state index contributed by atoms with van der Waals surface area (Å²) in [6.45, 7) is 4.11. The first-order valence-electron chi connectivity index (χ1n) is 5.06. The van der Waals surface area contributed by atoms with Crippen LogP contribution in [0.3, 0.4) is 0 Å². The Hall–Kier alpha value is -0.600. The van der Waals surface area contributed by atoms with Gasteiger partial charge in [0.2, 0.25) is 0 Å². The molecule has 2 nitrogen and oxygen atoms in total. The van der Waals surface area contributed by atoms with Gasteiger partial charge in [-0.3, -0.25) is 0 Å². The Kier molecular flexibility index (Phi) is 2.81. The third kappa shape index (κ3) is 2.20. The van der Waals surface area contributed by atoms with Gasteiger partial charge in [0.25, 0.3) is 0 Å². The predicted molar refractivity (Wildman–Crippen MR) is 53.6 cm³/mol.